The van der Waals surface area contributed by atoms with Crippen LogP contribution in [0, 0.1) is 0 Å². The van der Waals surface area contributed by atoms with Gasteiger partial charge in [0.1, 0.15) is 11.5 Å². The predicted molar refractivity (Wildman–Crippen MR) is 143 cm³/mol. The predicted octanol–water partition coefficient (Wildman–Crippen LogP) is 6.86. The summed E-state index contributed by atoms with van der Waals surface area (Å²) in [6.07, 6.45) is -4.35. The van der Waals surface area contributed by atoms with Crippen LogP contribution in [-0.2, 0) is 10.9 Å². The standard InChI is InChI=1S/C29H29ClF3N3O3/c1-20-18-34(15-16-38-20)13-14-35-19-27(21-3-2-4-22(17-21)29(31,32)33)36(28(35)37)24-7-11-26(12-8-24)39-25-9-5-23(30)6-10-25/h2-12,17,20,27H,13-16,18-19H2,1H3. The Kier molecular flexibility index (Phi) is 8.02. The summed E-state index contributed by atoms with van der Waals surface area (Å²) < 4.78 is 52.0. The first kappa shape index (κ1) is 27.3. The molecule has 0 radical (unpaired) electrons. The van der Waals surface area contributed by atoms with Crippen molar-refractivity contribution in [2.24, 2.45) is 0 Å². The molecule has 206 valence electrons. The molecule has 3 aromatic rings. The Morgan fingerprint density at radius 3 is 2.33 bits per heavy atom. The molecule has 39 heavy (non-hydrogen) atoms. The minimum absolute atomic E-state index is 0.121. The van der Waals surface area contributed by atoms with Gasteiger partial charge in [0.15, 0.2) is 0 Å². The third-order valence-electron chi connectivity index (χ3n) is 6.96. The van der Waals surface area contributed by atoms with Gasteiger partial charge in [0.25, 0.3) is 0 Å². The molecule has 2 amide bonds. The number of morpholine rings is 1. The summed E-state index contributed by atoms with van der Waals surface area (Å²) in [5.74, 6) is 1.16. The number of hydrogen-bond acceptors (Lipinski definition) is 4. The van der Waals surface area contributed by atoms with Gasteiger partial charge in [0.2, 0.25) is 0 Å². The van der Waals surface area contributed by atoms with Crippen molar-refractivity contribution in [1.29, 1.82) is 0 Å². The maximum atomic E-state index is 13.7. The van der Waals surface area contributed by atoms with E-state index in [0.29, 0.717) is 47.5 Å². The molecule has 2 unspecified atom stereocenters. The normalized spacial score (nSPS) is 20.5. The molecule has 2 aliphatic rings. The topological polar surface area (TPSA) is 45.2 Å². The molecule has 0 saturated carbocycles. The molecule has 2 aliphatic heterocycles. The molecule has 0 aliphatic carbocycles. The van der Waals surface area contributed by atoms with Crippen LogP contribution in [0.25, 0.3) is 0 Å². The zero-order valence-corrected chi connectivity index (χ0v) is 22.2. The smallest absolute Gasteiger partial charge is 0.416 e. The highest BCUT2D eigenvalue weighted by Gasteiger charge is 2.40. The zero-order valence-electron chi connectivity index (χ0n) is 21.4. The molecule has 2 heterocycles. The second kappa shape index (κ2) is 11.5. The Balaban J connectivity index is 1.39. The molecule has 0 aromatic heterocycles. The number of nitrogens with zero attached hydrogens (tertiary/aromatic N) is 3. The van der Waals surface area contributed by atoms with E-state index in [1.165, 1.54) is 6.07 Å². The molecule has 6 nitrogen and oxygen atoms in total. The lowest BCUT2D eigenvalue weighted by molar-refractivity contribution is -0.137. The lowest BCUT2D eigenvalue weighted by Gasteiger charge is -2.32. The molecule has 2 saturated heterocycles. The second-order valence-corrected chi connectivity index (χ2v) is 10.2. The van der Waals surface area contributed by atoms with E-state index in [-0.39, 0.29) is 18.7 Å². The van der Waals surface area contributed by atoms with Gasteiger partial charge in [-0.1, -0.05) is 23.7 Å². The van der Waals surface area contributed by atoms with Crippen LogP contribution >= 0.6 is 11.6 Å². The number of rotatable bonds is 7. The number of amides is 2. The van der Waals surface area contributed by atoms with Crippen molar-refractivity contribution in [2.45, 2.75) is 25.2 Å². The number of carbonyl (C=O) groups is 1. The van der Waals surface area contributed by atoms with Gasteiger partial charge in [0.05, 0.1) is 24.3 Å². The highest BCUT2D eigenvalue weighted by atomic mass is 35.5. The quantitative estimate of drug-likeness (QED) is 0.317. The molecular formula is C29H29ClF3N3O3. The van der Waals surface area contributed by atoms with Crippen LogP contribution < -0.4 is 9.64 Å². The van der Waals surface area contributed by atoms with Gasteiger partial charge in [0, 0.05) is 43.4 Å². The van der Waals surface area contributed by atoms with Crippen LogP contribution in [-0.4, -0.2) is 61.3 Å². The van der Waals surface area contributed by atoms with Crippen LogP contribution in [0.5, 0.6) is 11.5 Å². The van der Waals surface area contributed by atoms with E-state index in [0.717, 1.165) is 25.2 Å². The molecule has 0 spiro atoms. The lowest BCUT2D eigenvalue weighted by atomic mass is 10.0. The van der Waals surface area contributed by atoms with Crippen molar-refractivity contribution in [2.75, 3.05) is 44.2 Å². The number of hydrogen-bond donors (Lipinski definition) is 0. The van der Waals surface area contributed by atoms with Crippen LogP contribution in [0.2, 0.25) is 5.02 Å². The summed E-state index contributed by atoms with van der Waals surface area (Å²) in [5.41, 5.74) is 0.274. The largest absolute Gasteiger partial charge is 0.457 e. The minimum atomic E-state index is -4.48. The summed E-state index contributed by atoms with van der Waals surface area (Å²) in [6.45, 7) is 5.62. The zero-order chi connectivity index (χ0) is 27.6. The van der Waals surface area contributed by atoms with Gasteiger partial charge in [-0.25, -0.2) is 4.79 Å². The summed E-state index contributed by atoms with van der Waals surface area (Å²) in [4.78, 5) is 19.2. The van der Waals surface area contributed by atoms with Gasteiger partial charge < -0.3 is 14.4 Å². The minimum Gasteiger partial charge on any atom is -0.457 e. The fourth-order valence-corrected chi connectivity index (χ4v) is 5.10. The lowest BCUT2D eigenvalue weighted by Crippen LogP contribution is -2.45. The van der Waals surface area contributed by atoms with Crippen LogP contribution in [0.15, 0.2) is 72.8 Å². The van der Waals surface area contributed by atoms with E-state index < -0.39 is 17.8 Å². The number of ether oxygens (including phenoxy) is 2. The second-order valence-electron chi connectivity index (χ2n) is 9.77. The van der Waals surface area contributed by atoms with Crippen molar-refractivity contribution in [1.82, 2.24) is 9.80 Å². The molecule has 10 heteroatoms. The van der Waals surface area contributed by atoms with E-state index in [9.17, 15) is 18.0 Å². The van der Waals surface area contributed by atoms with Gasteiger partial charge in [-0.3, -0.25) is 9.80 Å². The molecule has 0 bridgehead atoms. The summed E-state index contributed by atoms with van der Waals surface area (Å²) >= 11 is 5.94. The first-order valence-electron chi connectivity index (χ1n) is 12.8. The highest BCUT2D eigenvalue weighted by molar-refractivity contribution is 6.30. The van der Waals surface area contributed by atoms with Crippen molar-refractivity contribution >= 4 is 23.3 Å². The van der Waals surface area contributed by atoms with Gasteiger partial charge >= 0.3 is 12.2 Å². The molecule has 3 aromatic carbocycles. The first-order chi connectivity index (χ1) is 18.7. The van der Waals surface area contributed by atoms with Crippen molar-refractivity contribution in [3.63, 3.8) is 0 Å². The van der Waals surface area contributed by atoms with Crippen molar-refractivity contribution in [3.05, 3.63) is 88.9 Å². The maximum Gasteiger partial charge on any atom is 0.416 e. The maximum absolute atomic E-state index is 13.7. The number of halogens is 4. The van der Waals surface area contributed by atoms with E-state index in [1.807, 2.05) is 6.92 Å². The van der Waals surface area contributed by atoms with Crippen LogP contribution in [0.3, 0.4) is 0 Å². The average Bonchev–Trinajstić information content (AvgIpc) is 3.25. The summed E-state index contributed by atoms with van der Waals surface area (Å²) in [5, 5.41) is 0.596. The first-order valence-corrected chi connectivity index (χ1v) is 13.2. The Morgan fingerprint density at radius 2 is 1.67 bits per heavy atom. The van der Waals surface area contributed by atoms with E-state index in [4.69, 9.17) is 21.1 Å². The van der Waals surface area contributed by atoms with Crippen molar-refractivity contribution < 1.29 is 27.4 Å². The average molecular weight is 560 g/mol. The SMILES string of the molecule is CC1CN(CCN2CC(c3cccc(C(F)(F)F)c3)N(c3ccc(Oc4ccc(Cl)cc4)cc3)C2=O)CCO1. The van der Waals surface area contributed by atoms with Crippen LogP contribution in [0.4, 0.5) is 23.7 Å². The number of carbonyl (C=O) groups excluding carboxylic acids is 1. The Labute approximate surface area is 230 Å². The number of anilines is 1. The molecule has 2 fully saturated rings. The fourth-order valence-electron chi connectivity index (χ4n) is 4.98. The molecule has 2 atom stereocenters. The van der Waals surface area contributed by atoms with Crippen LogP contribution in [0.1, 0.15) is 24.1 Å². The Hall–Kier alpha value is -3.27. The fraction of sp³-hybridized carbons (Fsp3) is 0.345. The van der Waals surface area contributed by atoms with Crippen molar-refractivity contribution in [3.8, 4) is 11.5 Å². The molecular weight excluding hydrogens is 531 g/mol. The third-order valence-corrected chi connectivity index (χ3v) is 7.21. The summed E-state index contributed by atoms with van der Waals surface area (Å²) in [6, 6.07) is 18.3. The Morgan fingerprint density at radius 1 is 0.974 bits per heavy atom. The Bertz CT molecular complexity index is 1290. The van der Waals surface area contributed by atoms with E-state index >= 15 is 0 Å². The van der Waals surface area contributed by atoms with Gasteiger partial charge in [-0.2, -0.15) is 13.2 Å². The highest BCUT2D eigenvalue weighted by Crippen LogP contribution is 2.38. The van der Waals surface area contributed by atoms with Gasteiger partial charge in [-0.15, -0.1) is 0 Å². The van der Waals surface area contributed by atoms with E-state index in [2.05, 4.69) is 4.90 Å². The number of benzene rings is 3. The monoisotopic (exact) mass is 559 g/mol. The van der Waals surface area contributed by atoms with E-state index in [1.54, 1.807) is 64.4 Å². The van der Waals surface area contributed by atoms with Gasteiger partial charge in [-0.05, 0) is 73.2 Å². The number of urea groups is 1. The molecule has 0 N–H and O–H groups in total. The number of alkyl halides is 3. The molecule has 5 rings (SSSR count). The summed E-state index contributed by atoms with van der Waals surface area (Å²) in [7, 11) is 0. The third kappa shape index (κ3) is 6.49.